The van der Waals surface area contributed by atoms with Crippen LogP contribution in [0.1, 0.15) is 12.8 Å². The lowest BCUT2D eigenvalue weighted by molar-refractivity contribution is -0.384. The van der Waals surface area contributed by atoms with Gasteiger partial charge in [-0.05, 0) is 12.1 Å². The highest BCUT2D eigenvalue weighted by molar-refractivity contribution is 5.36. The molecule has 16 heavy (non-hydrogen) atoms. The van der Waals surface area contributed by atoms with Gasteiger partial charge in [0, 0.05) is 25.0 Å². The fourth-order valence-corrected chi connectivity index (χ4v) is 0.917. The Morgan fingerprint density at radius 3 is 2.56 bits per heavy atom. The Kier molecular flexibility index (Phi) is 4.43. The summed E-state index contributed by atoms with van der Waals surface area (Å²) < 4.78 is 5.03. The molecule has 0 unspecified atom stereocenters. The van der Waals surface area contributed by atoms with Gasteiger partial charge in [-0.2, -0.15) is 0 Å². The van der Waals surface area contributed by atoms with Crippen LogP contribution < -0.4 is 4.74 Å². The molecule has 0 heterocycles. The third-order valence-corrected chi connectivity index (χ3v) is 1.68. The first-order chi connectivity index (χ1) is 7.74. The Bertz CT molecular complexity index is 460. The molecular weight excluding hydrogens is 206 g/mol. The molecule has 0 bridgehead atoms. The minimum absolute atomic E-state index is 0.0210. The van der Waals surface area contributed by atoms with E-state index in [1.165, 1.54) is 24.3 Å². The van der Waals surface area contributed by atoms with E-state index in [2.05, 4.69) is 17.9 Å². The predicted octanol–water partition coefficient (Wildman–Crippen LogP) is 2.35. The van der Waals surface area contributed by atoms with Gasteiger partial charge in [-0.25, -0.2) is 0 Å². The normalized spacial score (nSPS) is 8.44. The number of nitro groups is 1. The van der Waals surface area contributed by atoms with Crippen LogP contribution in [-0.2, 0) is 0 Å². The van der Waals surface area contributed by atoms with E-state index in [1.54, 1.807) is 0 Å². The minimum atomic E-state index is -0.470. The standard InChI is InChI=1S/C12H9NO3/c1-2-3-4-5-10-16-12-8-6-11(7-9-12)13(14)15/h1,6-9H,3-4H2. The molecule has 0 atom stereocenters. The highest BCUT2D eigenvalue weighted by Crippen LogP contribution is 2.16. The van der Waals surface area contributed by atoms with Crippen LogP contribution in [-0.4, -0.2) is 4.92 Å². The lowest BCUT2D eigenvalue weighted by Crippen LogP contribution is -1.88. The molecule has 0 saturated carbocycles. The molecule has 4 heteroatoms. The second-order valence-electron chi connectivity index (χ2n) is 2.84. The van der Waals surface area contributed by atoms with Gasteiger partial charge < -0.3 is 4.74 Å². The summed E-state index contributed by atoms with van der Waals surface area (Å²) in [5.41, 5.74) is 0.0210. The van der Waals surface area contributed by atoms with Crippen LogP contribution in [0.3, 0.4) is 0 Å². The molecule has 0 aliphatic carbocycles. The van der Waals surface area contributed by atoms with Gasteiger partial charge in [-0.3, -0.25) is 10.1 Å². The maximum absolute atomic E-state index is 10.4. The van der Waals surface area contributed by atoms with Crippen LogP contribution in [0.5, 0.6) is 5.75 Å². The minimum Gasteiger partial charge on any atom is -0.408 e. The van der Waals surface area contributed by atoms with Crippen molar-refractivity contribution in [1.82, 2.24) is 0 Å². The molecule has 0 aliphatic heterocycles. The zero-order valence-corrected chi connectivity index (χ0v) is 8.47. The van der Waals surface area contributed by atoms with Crippen LogP contribution in [0.25, 0.3) is 0 Å². The van der Waals surface area contributed by atoms with E-state index in [4.69, 9.17) is 11.2 Å². The molecule has 0 aromatic heterocycles. The third kappa shape index (κ3) is 3.73. The molecule has 4 nitrogen and oxygen atoms in total. The van der Waals surface area contributed by atoms with E-state index in [-0.39, 0.29) is 5.69 Å². The van der Waals surface area contributed by atoms with E-state index in [9.17, 15) is 10.1 Å². The summed E-state index contributed by atoms with van der Waals surface area (Å²) in [5, 5.41) is 10.4. The first kappa shape index (κ1) is 11.6. The van der Waals surface area contributed by atoms with Crippen molar-refractivity contribution in [3.05, 3.63) is 34.4 Å². The number of rotatable bonds is 3. The molecule has 0 amide bonds. The Hall–Kier alpha value is -2.46. The largest absolute Gasteiger partial charge is 0.408 e. The zero-order chi connectivity index (χ0) is 11.8. The number of ether oxygens (including phenoxy) is 1. The van der Waals surface area contributed by atoms with Gasteiger partial charge in [0.1, 0.15) is 11.9 Å². The topological polar surface area (TPSA) is 52.4 Å². The van der Waals surface area contributed by atoms with Crippen molar-refractivity contribution in [2.24, 2.45) is 0 Å². The number of non-ortho nitro benzene ring substituents is 1. The third-order valence-electron chi connectivity index (χ3n) is 1.68. The van der Waals surface area contributed by atoms with E-state index < -0.39 is 4.92 Å². The molecule has 0 saturated heterocycles. The van der Waals surface area contributed by atoms with Gasteiger partial charge in [-0.1, -0.05) is 5.92 Å². The summed E-state index contributed by atoms with van der Waals surface area (Å²) >= 11 is 0. The quantitative estimate of drug-likeness (QED) is 0.336. The Morgan fingerprint density at radius 1 is 1.31 bits per heavy atom. The van der Waals surface area contributed by atoms with Crippen LogP contribution in [0.4, 0.5) is 5.69 Å². The lowest BCUT2D eigenvalue weighted by Gasteiger charge is -1.95. The summed E-state index contributed by atoms with van der Waals surface area (Å²) in [7, 11) is 0. The molecule has 0 fully saturated rings. The van der Waals surface area contributed by atoms with Gasteiger partial charge in [0.25, 0.3) is 5.69 Å². The van der Waals surface area contributed by atoms with E-state index >= 15 is 0 Å². The van der Waals surface area contributed by atoms with Crippen LogP contribution in [0.2, 0.25) is 0 Å². The molecule has 80 valence electrons. The van der Waals surface area contributed by atoms with Crippen molar-refractivity contribution in [3.63, 3.8) is 0 Å². The number of hydrogen-bond donors (Lipinski definition) is 0. The van der Waals surface area contributed by atoms with Crippen molar-refractivity contribution in [2.45, 2.75) is 12.8 Å². The van der Waals surface area contributed by atoms with Crippen molar-refractivity contribution in [2.75, 3.05) is 0 Å². The summed E-state index contributed by atoms with van der Waals surface area (Å²) in [6.07, 6.45) is 8.67. The molecular formula is C12H9NO3. The summed E-state index contributed by atoms with van der Waals surface area (Å²) in [5.74, 6) is 5.65. The monoisotopic (exact) mass is 215 g/mol. The average Bonchev–Trinajstić information content (AvgIpc) is 2.29. The second kappa shape index (κ2) is 6.10. The average molecular weight is 215 g/mol. The van der Waals surface area contributed by atoms with Crippen molar-refractivity contribution >= 4 is 5.69 Å². The fourth-order valence-electron chi connectivity index (χ4n) is 0.917. The molecule has 0 spiro atoms. The van der Waals surface area contributed by atoms with Gasteiger partial charge in [0.2, 0.25) is 0 Å². The van der Waals surface area contributed by atoms with Crippen LogP contribution in [0.15, 0.2) is 24.3 Å². The maximum atomic E-state index is 10.4. The molecule has 0 N–H and O–H groups in total. The van der Waals surface area contributed by atoms with Gasteiger partial charge in [0.15, 0.2) is 0 Å². The van der Waals surface area contributed by atoms with Gasteiger partial charge >= 0.3 is 0 Å². The first-order valence-electron chi connectivity index (χ1n) is 4.56. The first-order valence-corrected chi connectivity index (χ1v) is 4.56. The highest BCUT2D eigenvalue weighted by Gasteiger charge is 2.03. The Balaban J connectivity index is 2.52. The van der Waals surface area contributed by atoms with Crippen molar-refractivity contribution in [1.29, 1.82) is 0 Å². The molecule has 0 radical (unpaired) electrons. The van der Waals surface area contributed by atoms with Gasteiger partial charge in [0.05, 0.1) is 4.92 Å². The van der Waals surface area contributed by atoms with Crippen LogP contribution in [0, 0.1) is 34.5 Å². The summed E-state index contributed by atoms with van der Waals surface area (Å²) in [4.78, 5) is 9.89. The van der Waals surface area contributed by atoms with E-state index in [0.717, 1.165) is 0 Å². The number of nitrogens with zero attached hydrogens (tertiary/aromatic N) is 1. The van der Waals surface area contributed by atoms with Crippen molar-refractivity contribution < 1.29 is 9.66 Å². The number of terminal acetylenes is 1. The smallest absolute Gasteiger partial charge is 0.269 e. The second-order valence-corrected chi connectivity index (χ2v) is 2.84. The van der Waals surface area contributed by atoms with Gasteiger partial charge in [-0.15, -0.1) is 12.3 Å². The lowest BCUT2D eigenvalue weighted by atomic mass is 10.3. The maximum Gasteiger partial charge on any atom is 0.269 e. The number of benzene rings is 1. The fraction of sp³-hybridized carbons (Fsp3) is 0.167. The zero-order valence-electron chi connectivity index (χ0n) is 8.47. The Labute approximate surface area is 93.4 Å². The molecule has 1 aromatic rings. The number of nitro benzene ring substituents is 1. The molecule has 1 rings (SSSR count). The van der Waals surface area contributed by atoms with Crippen molar-refractivity contribution in [3.8, 4) is 30.1 Å². The SMILES string of the molecule is C#CCCC#COc1ccc([N+](=O)[O-])cc1. The van der Waals surface area contributed by atoms with E-state index in [1.807, 2.05) is 0 Å². The highest BCUT2D eigenvalue weighted by atomic mass is 16.6. The summed E-state index contributed by atoms with van der Waals surface area (Å²) in [6, 6.07) is 5.71. The summed E-state index contributed by atoms with van der Waals surface area (Å²) in [6.45, 7) is 0. The van der Waals surface area contributed by atoms with Crippen LogP contribution >= 0.6 is 0 Å². The number of unbranched alkanes of at least 4 members (excludes halogenated alkanes) is 1. The predicted molar refractivity (Wildman–Crippen MR) is 59.6 cm³/mol. The van der Waals surface area contributed by atoms with E-state index in [0.29, 0.717) is 18.6 Å². The molecule has 1 aromatic carbocycles. The molecule has 0 aliphatic rings. The number of hydrogen-bond acceptors (Lipinski definition) is 3. The Morgan fingerprint density at radius 2 is 2.00 bits per heavy atom.